The van der Waals surface area contributed by atoms with Gasteiger partial charge in [0, 0.05) is 12.3 Å². The number of hydrogen-bond donors (Lipinski definition) is 0. The van der Waals surface area contributed by atoms with Gasteiger partial charge in [-0.2, -0.15) is 0 Å². The Hall–Kier alpha value is -3.40. The maximum Gasteiger partial charge on any atom is 0.266 e. The van der Waals surface area contributed by atoms with Crippen LogP contribution in [0.2, 0.25) is 0 Å². The van der Waals surface area contributed by atoms with E-state index in [1.807, 2.05) is 0 Å². The Morgan fingerprint density at radius 3 is 2.28 bits per heavy atom. The summed E-state index contributed by atoms with van der Waals surface area (Å²) in [5, 5.41) is 7.53. The highest BCUT2D eigenvalue weighted by Gasteiger charge is 2.26. The van der Waals surface area contributed by atoms with Gasteiger partial charge in [0.15, 0.2) is 5.65 Å². The minimum Gasteiger partial charge on any atom is -0.288 e. The molecule has 0 amide bonds. The first-order valence-corrected chi connectivity index (χ1v) is 9.80. The smallest absolute Gasteiger partial charge is 0.266 e. The van der Waals surface area contributed by atoms with Crippen molar-refractivity contribution in [1.29, 1.82) is 0 Å². The maximum atomic E-state index is 13.6. The summed E-state index contributed by atoms with van der Waals surface area (Å²) in [6, 6.07) is 10.4. The van der Waals surface area contributed by atoms with Crippen molar-refractivity contribution in [3.63, 3.8) is 0 Å². The minimum atomic E-state index is -4.17. The van der Waals surface area contributed by atoms with Gasteiger partial charge in [-0.3, -0.25) is 8.71 Å². The maximum absolute atomic E-state index is 13.6. The molecule has 0 unspecified atom stereocenters. The van der Waals surface area contributed by atoms with Crippen LogP contribution in [0, 0.1) is 17.5 Å². The van der Waals surface area contributed by atoms with Gasteiger partial charge in [0.25, 0.3) is 10.0 Å². The molecule has 0 saturated heterocycles. The molecule has 29 heavy (non-hydrogen) atoms. The Morgan fingerprint density at radius 2 is 1.59 bits per heavy atom. The van der Waals surface area contributed by atoms with Crippen molar-refractivity contribution in [3.05, 3.63) is 90.1 Å². The highest BCUT2D eigenvalue weighted by atomic mass is 32.2. The Kier molecular flexibility index (Phi) is 4.71. The average molecular weight is 418 g/mol. The van der Waals surface area contributed by atoms with E-state index < -0.39 is 27.5 Å². The van der Waals surface area contributed by atoms with Crippen molar-refractivity contribution >= 4 is 21.4 Å². The molecule has 2 aromatic heterocycles. The Morgan fingerprint density at radius 1 is 0.897 bits per heavy atom. The minimum absolute atomic E-state index is 0.0917. The molecule has 4 rings (SSSR count). The third-order valence-corrected chi connectivity index (χ3v) is 5.97. The van der Waals surface area contributed by atoms with E-state index in [1.54, 1.807) is 0 Å². The molecule has 0 aliphatic heterocycles. The summed E-state index contributed by atoms with van der Waals surface area (Å²) in [6.45, 7) is -0.358. The van der Waals surface area contributed by atoms with Gasteiger partial charge in [0.2, 0.25) is 0 Å². The fourth-order valence-corrected chi connectivity index (χ4v) is 4.34. The predicted molar refractivity (Wildman–Crippen MR) is 99.1 cm³/mol. The molecule has 0 spiro atoms. The van der Waals surface area contributed by atoms with E-state index in [9.17, 15) is 21.6 Å². The van der Waals surface area contributed by atoms with E-state index in [0.717, 1.165) is 28.6 Å². The predicted octanol–water partition coefficient (Wildman–Crippen LogP) is 3.54. The van der Waals surface area contributed by atoms with Crippen LogP contribution in [0.25, 0.3) is 5.65 Å². The first kappa shape index (κ1) is 18.9. The van der Waals surface area contributed by atoms with Crippen LogP contribution in [0.15, 0.2) is 72.0 Å². The summed E-state index contributed by atoms with van der Waals surface area (Å²) < 4.78 is 69.7. The van der Waals surface area contributed by atoms with Crippen molar-refractivity contribution < 1.29 is 21.6 Å². The fraction of sp³-hybridized carbons (Fsp3) is 0.0526. The molecule has 2 aromatic carbocycles. The molecule has 4 aromatic rings. The number of nitrogens with zero attached hydrogens (tertiary/aromatic N) is 4. The lowest BCUT2D eigenvalue weighted by atomic mass is 10.2. The standard InChI is InChI=1S/C19H13F3N4O2S/c20-14-1-3-17(4-2-14)26(10-13-7-15(21)9-16(22)8-13)29(27,28)18-5-6-19-24-23-12-25(19)11-18/h1-9,11-12H,10H2. The van der Waals surface area contributed by atoms with Crippen molar-refractivity contribution in [2.45, 2.75) is 11.4 Å². The van der Waals surface area contributed by atoms with E-state index in [0.29, 0.717) is 11.7 Å². The number of benzene rings is 2. The van der Waals surface area contributed by atoms with Gasteiger partial charge in [-0.05, 0) is 54.1 Å². The second-order valence-corrected chi connectivity index (χ2v) is 8.09. The monoisotopic (exact) mass is 418 g/mol. The topological polar surface area (TPSA) is 67.6 Å². The summed E-state index contributed by atoms with van der Waals surface area (Å²) in [5.74, 6) is -2.21. The normalized spacial score (nSPS) is 11.7. The van der Waals surface area contributed by atoms with Gasteiger partial charge in [-0.25, -0.2) is 21.6 Å². The van der Waals surface area contributed by atoms with Crippen LogP contribution < -0.4 is 4.31 Å². The Balaban J connectivity index is 1.82. The first-order valence-electron chi connectivity index (χ1n) is 8.35. The number of halogens is 3. The molecule has 0 saturated carbocycles. The van der Waals surface area contributed by atoms with Crippen molar-refractivity contribution in [3.8, 4) is 0 Å². The molecule has 0 atom stereocenters. The molecular formula is C19H13F3N4O2S. The molecule has 0 fully saturated rings. The van der Waals surface area contributed by atoms with Gasteiger partial charge >= 0.3 is 0 Å². The highest BCUT2D eigenvalue weighted by molar-refractivity contribution is 7.92. The third kappa shape index (κ3) is 3.79. The SMILES string of the molecule is O=S(=O)(c1ccc2nncn2c1)N(Cc1cc(F)cc(F)c1)c1ccc(F)cc1. The third-order valence-electron chi connectivity index (χ3n) is 4.21. The number of sulfonamides is 1. The van der Waals surface area contributed by atoms with Crippen LogP contribution in [0.3, 0.4) is 0 Å². The van der Waals surface area contributed by atoms with E-state index in [-0.39, 0.29) is 22.7 Å². The van der Waals surface area contributed by atoms with Crippen LogP contribution in [0.4, 0.5) is 18.9 Å². The summed E-state index contributed by atoms with van der Waals surface area (Å²) in [7, 11) is -4.17. The lowest BCUT2D eigenvalue weighted by Crippen LogP contribution is -2.31. The summed E-state index contributed by atoms with van der Waals surface area (Å²) in [6.07, 6.45) is 2.67. The van der Waals surface area contributed by atoms with E-state index in [2.05, 4.69) is 10.2 Å². The summed E-state index contributed by atoms with van der Waals surface area (Å²) in [4.78, 5) is -0.0917. The van der Waals surface area contributed by atoms with Gasteiger partial charge in [-0.1, -0.05) is 0 Å². The van der Waals surface area contributed by atoms with Crippen molar-refractivity contribution in [2.24, 2.45) is 0 Å². The number of fused-ring (bicyclic) bond motifs is 1. The summed E-state index contributed by atoms with van der Waals surface area (Å²) >= 11 is 0. The average Bonchev–Trinajstić information content (AvgIpc) is 3.14. The fourth-order valence-electron chi connectivity index (χ4n) is 2.88. The first-order chi connectivity index (χ1) is 13.8. The van der Waals surface area contributed by atoms with Crippen LogP contribution in [-0.2, 0) is 16.6 Å². The van der Waals surface area contributed by atoms with Gasteiger partial charge in [0.05, 0.1) is 12.2 Å². The number of pyridine rings is 1. The number of hydrogen-bond acceptors (Lipinski definition) is 4. The highest BCUT2D eigenvalue weighted by Crippen LogP contribution is 2.27. The molecule has 148 valence electrons. The lowest BCUT2D eigenvalue weighted by Gasteiger charge is -2.25. The van der Waals surface area contributed by atoms with Gasteiger partial charge in [0.1, 0.15) is 28.7 Å². The van der Waals surface area contributed by atoms with E-state index in [1.165, 1.54) is 41.2 Å². The van der Waals surface area contributed by atoms with Gasteiger partial charge in [-0.15, -0.1) is 10.2 Å². The summed E-state index contributed by atoms with van der Waals surface area (Å²) in [5.41, 5.74) is 0.685. The van der Waals surface area contributed by atoms with E-state index in [4.69, 9.17) is 0 Å². The van der Waals surface area contributed by atoms with Crippen molar-refractivity contribution in [1.82, 2.24) is 14.6 Å². The zero-order chi connectivity index (χ0) is 20.6. The number of rotatable bonds is 5. The Labute approximate surface area is 163 Å². The molecule has 0 radical (unpaired) electrons. The second kappa shape index (κ2) is 7.21. The Bertz CT molecular complexity index is 1270. The molecule has 10 heteroatoms. The van der Waals surface area contributed by atoms with Crippen molar-refractivity contribution in [2.75, 3.05) is 4.31 Å². The molecule has 0 aliphatic carbocycles. The number of aromatic nitrogens is 3. The van der Waals surface area contributed by atoms with Crippen LogP contribution in [0.5, 0.6) is 0 Å². The molecular weight excluding hydrogens is 405 g/mol. The number of anilines is 1. The van der Waals surface area contributed by atoms with Crippen LogP contribution >= 0.6 is 0 Å². The molecule has 2 heterocycles. The van der Waals surface area contributed by atoms with Crippen LogP contribution in [-0.4, -0.2) is 23.0 Å². The molecule has 0 N–H and O–H groups in total. The van der Waals surface area contributed by atoms with Gasteiger partial charge < -0.3 is 0 Å². The lowest BCUT2D eigenvalue weighted by molar-refractivity contribution is 0.576. The zero-order valence-electron chi connectivity index (χ0n) is 14.7. The largest absolute Gasteiger partial charge is 0.288 e. The second-order valence-electron chi connectivity index (χ2n) is 6.23. The zero-order valence-corrected chi connectivity index (χ0v) is 15.5. The van der Waals surface area contributed by atoms with Crippen LogP contribution in [0.1, 0.15) is 5.56 Å². The van der Waals surface area contributed by atoms with E-state index >= 15 is 0 Å². The molecule has 6 nitrogen and oxygen atoms in total. The molecule has 0 bridgehead atoms. The quantitative estimate of drug-likeness (QED) is 0.497. The molecule has 0 aliphatic rings.